The molecule has 2 heteroatoms. The van der Waals surface area contributed by atoms with Gasteiger partial charge in [-0.05, 0) is 25.0 Å². The van der Waals surface area contributed by atoms with Crippen LogP contribution in [0.4, 0.5) is 0 Å². The summed E-state index contributed by atoms with van der Waals surface area (Å²) in [7, 11) is 0. The summed E-state index contributed by atoms with van der Waals surface area (Å²) in [5, 5.41) is 0.716. The van der Waals surface area contributed by atoms with Crippen LogP contribution in [0.5, 0.6) is 5.75 Å². The summed E-state index contributed by atoms with van der Waals surface area (Å²) in [6.07, 6.45) is 2.14. The van der Waals surface area contributed by atoms with Gasteiger partial charge in [-0.15, -0.1) is 0 Å². The average Bonchev–Trinajstić information content (AvgIpc) is 2.11. The maximum atomic E-state index is 6.02. The van der Waals surface area contributed by atoms with E-state index in [0.717, 1.165) is 18.6 Å². The lowest BCUT2D eigenvalue weighted by molar-refractivity contribution is 0.336. The summed E-state index contributed by atoms with van der Waals surface area (Å²) >= 11 is 6.02. The molecule has 0 heterocycles. The van der Waals surface area contributed by atoms with E-state index in [1.165, 1.54) is 5.56 Å². The van der Waals surface area contributed by atoms with Gasteiger partial charge in [-0.25, -0.2) is 0 Å². The van der Waals surface area contributed by atoms with Crippen LogP contribution in [0.25, 0.3) is 0 Å². The van der Waals surface area contributed by atoms with Crippen molar-refractivity contribution in [1.29, 1.82) is 0 Å². The quantitative estimate of drug-likeness (QED) is 0.717. The minimum atomic E-state index is 0.667. The largest absolute Gasteiger partial charge is 0.492 e. The van der Waals surface area contributed by atoms with Crippen LogP contribution in [-0.4, -0.2) is 6.61 Å². The SMILES string of the molecule is CCCc1cccc(Cl)c1OCC. The van der Waals surface area contributed by atoms with Crippen LogP contribution < -0.4 is 4.74 Å². The summed E-state index contributed by atoms with van der Waals surface area (Å²) < 4.78 is 5.49. The molecule has 0 saturated carbocycles. The van der Waals surface area contributed by atoms with Crippen molar-refractivity contribution in [2.75, 3.05) is 6.61 Å². The van der Waals surface area contributed by atoms with E-state index in [1.807, 2.05) is 19.1 Å². The molecule has 1 aromatic rings. The Kier molecular flexibility index (Phi) is 4.10. The Bertz CT molecular complexity index is 271. The number of hydrogen-bond donors (Lipinski definition) is 0. The number of halogens is 1. The predicted octanol–water partition coefficient (Wildman–Crippen LogP) is 3.69. The lowest BCUT2D eigenvalue weighted by Gasteiger charge is -2.10. The second-order valence-electron chi connectivity index (χ2n) is 2.91. The molecule has 0 aliphatic carbocycles. The highest BCUT2D eigenvalue weighted by Gasteiger charge is 2.06. The van der Waals surface area contributed by atoms with Gasteiger partial charge in [0.1, 0.15) is 5.75 Å². The Labute approximate surface area is 84.7 Å². The zero-order valence-corrected chi connectivity index (χ0v) is 8.90. The first-order valence-corrected chi connectivity index (χ1v) is 5.07. The number of benzene rings is 1. The molecule has 0 atom stereocenters. The van der Waals surface area contributed by atoms with Gasteiger partial charge in [-0.2, -0.15) is 0 Å². The van der Waals surface area contributed by atoms with Gasteiger partial charge in [0.15, 0.2) is 0 Å². The molecule has 1 rings (SSSR count). The standard InChI is InChI=1S/C11H15ClO/c1-3-6-9-7-5-8-10(12)11(9)13-4-2/h5,7-8H,3-4,6H2,1-2H3. The first kappa shape index (κ1) is 10.4. The van der Waals surface area contributed by atoms with Crippen LogP contribution in [0.3, 0.4) is 0 Å². The molecule has 72 valence electrons. The third-order valence-corrected chi connectivity index (χ3v) is 2.15. The maximum Gasteiger partial charge on any atom is 0.141 e. The normalized spacial score (nSPS) is 10.1. The van der Waals surface area contributed by atoms with Crippen LogP contribution in [-0.2, 0) is 6.42 Å². The van der Waals surface area contributed by atoms with Gasteiger partial charge >= 0.3 is 0 Å². The van der Waals surface area contributed by atoms with Crippen LogP contribution in [0, 0.1) is 0 Å². The molecule has 0 fully saturated rings. The summed E-state index contributed by atoms with van der Waals surface area (Å²) in [6.45, 7) is 4.79. The summed E-state index contributed by atoms with van der Waals surface area (Å²) in [5.41, 5.74) is 1.21. The topological polar surface area (TPSA) is 9.23 Å². The molecule has 0 N–H and O–H groups in total. The van der Waals surface area contributed by atoms with E-state index in [2.05, 4.69) is 13.0 Å². The summed E-state index contributed by atoms with van der Waals surface area (Å²) in [6, 6.07) is 5.90. The van der Waals surface area contributed by atoms with Crippen molar-refractivity contribution in [3.8, 4) is 5.75 Å². The second-order valence-corrected chi connectivity index (χ2v) is 3.32. The Morgan fingerprint density at radius 2 is 2.08 bits per heavy atom. The Morgan fingerprint density at radius 1 is 1.31 bits per heavy atom. The summed E-state index contributed by atoms with van der Waals surface area (Å²) in [4.78, 5) is 0. The molecule has 0 aliphatic rings. The molecule has 13 heavy (non-hydrogen) atoms. The van der Waals surface area contributed by atoms with Gasteiger partial charge in [0.05, 0.1) is 11.6 Å². The van der Waals surface area contributed by atoms with E-state index in [4.69, 9.17) is 16.3 Å². The lowest BCUT2D eigenvalue weighted by atomic mass is 10.1. The van der Waals surface area contributed by atoms with Gasteiger partial charge < -0.3 is 4.74 Å². The van der Waals surface area contributed by atoms with Crippen LogP contribution in [0.2, 0.25) is 5.02 Å². The van der Waals surface area contributed by atoms with Crippen molar-refractivity contribution in [3.05, 3.63) is 28.8 Å². The van der Waals surface area contributed by atoms with Crippen LogP contribution in [0.1, 0.15) is 25.8 Å². The van der Waals surface area contributed by atoms with Crippen molar-refractivity contribution < 1.29 is 4.74 Å². The molecule has 1 nitrogen and oxygen atoms in total. The van der Waals surface area contributed by atoms with Crippen molar-refractivity contribution in [2.45, 2.75) is 26.7 Å². The summed E-state index contributed by atoms with van der Waals surface area (Å²) in [5.74, 6) is 0.855. The van der Waals surface area contributed by atoms with Crippen molar-refractivity contribution >= 4 is 11.6 Å². The van der Waals surface area contributed by atoms with E-state index in [-0.39, 0.29) is 0 Å². The van der Waals surface area contributed by atoms with E-state index in [0.29, 0.717) is 11.6 Å². The van der Waals surface area contributed by atoms with Crippen molar-refractivity contribution in [1.82, 2.24) is 0 Å². The fourth-order valence-electron chi connectivity index (χ4n) is 1.33. The highest BCUT2D eigenvalue weighted by atomic mass is 35.5. The minimum absolute atomic E-state index is 0.667. The van der Waals surface area contributed by atoms with E-state index in [1.54, 1.807) is 0 Å². The molecule has 0 bridgehead atoms. The van der Waals surface area contributed by atoms with Crippen LogP contribution in [0.15, 0.2) is 18.2 Å². The Balaban J connectivity index is 2.95. The third kappa shape index (κ3) is 2.63. The zero-order valence-electron chi connectivity index (χ0n) is 8.14. The predicted molar refractivity (Wildman–Crippen MR) is 56.6 cm³/mol. The fourth-order valence-corrected chi connectivity index (χ4v) is 1.57. The number of hydrogen-bond acceptors (Lipinski definition) is 1. The van der Waals surface area contributed by atoms with Gasteiger partial charge in [0, 0.05) is 0 Å². The number of aryl methyl sites for hydroxylation is 1. The van der Waals surface area contributed by atoms with E-state index < -0.39 is 0 Å². The molecule has 0 saturated heterocycles. The minimum Gasteiger partial charge on any atom is -0.492 e. The van der Waals surface area contributed by atoms with Gasteiger partial charge in [-0.1, -0.05) is 37.1 Å². The monoisotopic (exact) mass is 198 g/mol. The zero-order chi connectivity index (χ0) is 9.68. The van der Waals surface area contributed by atoms with Gasteiger partial charge in [0.25, 0.3) is 0 Å². The number of rotatable bonds is 4. The molecule has 0 aliphatic heterocycles. The molecular formula is C11H15ClO. The van der Waals surface area contributed by atoms with Crippen LogP contribution >= 0.6 is 11.6 Å². The lowest BCUT2D eigenvalue weighted by Crippen LogP contribution is -1.97. The fraction of sp³-hybridized carbons (Fsp3) is 0.455. The third-order valence-electron chi connectivity index (χ3n) is 1.86. The van der Waals surface area contributed by atoms with E-state index >= 15 is 0 Å². The first-order chi connectivity index (χ1) is 6.29. The first-order valence-electron chi connectivity index (χ1n) is 4.69. The molecule has 0 amide bonds. The van der Waals surface area contributed by atoms with Gasteiger partial charge in [0.2, 0.25) is 0 Å². The molecule has 0 spiro atoms. The van der Waals surface area contributed by atoms with Gasteiger partial charge in [-0.3, -0.25) is 0 Å². The van der Waals surface area contributed by atoms with Crippen molar-refractivity contribution in [3.63, 3.8) is 0 Å². The maximum absolute atomic E-state index is 6.02. The van der Waals surface area contributed by atoms with Crippen molar-refractivity contribution in [2.24, 2.45) is 0 Å². The molecular weight excluding hydrogens is 184 g/mol. The molecule has 1 aromatic carbocycles. The number of para-hydroxylation sites is 1. The molecule has 0 radical (unpaired) electrons. The average molecular weight is 199 g/mol. The Hall–Kier alpha value is -0.690. The highest BCUT2D eigenvalue weighted by Crippen LogP contribution is 2.29. The Morgan fingerprint density at radius 3 is 2.69 bits per heavy atom. The molecule has 0 aromatic heterocycles. The van der Waals surface area contributed by atoms with E-state index in [9.17, 15) is 0 Å². The second kappa shape index (κ2) is 5.13. The molecule has 0 unspecified atom stereocenters. The number of ether oxygens (including phenoxy) is 1. The smallest absolute Gasteiger partial charge is 0.141 e. The highest BCUT2D eigenvalue weighted by molar-refractivity contribution is 6.32.